The van der Waals surface area contributed by atoms with Gasteiger partial charge in [-0.1, -0.05) is 11.6 Å². The van der Waals surface area contributed by atoms with E-state index in [9.17, 15) is 4.79 Å². The quantitative estimate of drug-likeness (QED) is 0.604. The standard InChI is InChI=1S/C10H10ClN3O2/c1-2-16-9(15)6-14-8-3-4-12-10(11)7(8)5-13-14/h3-5H,2,6H2,1H3. The van der Waals surface area contributed by atoms with Crippen molar-refractivity contribution >= 4 is 28.5 Å². The van der Waals surface area contributed by atoms with E-state index in [1.807, 2.05) is 0 Å². The van der Waals surface area contributed by atoms with Gasteiger partial charge in [0.1, 0.15) is 11.7 Å². The second-order valence-corrected chi connectivity index (χ2v) is 3.50. The van der Waals surface area contributed by atoms with Gasteiger partial charge in [-0.3, -0.25) is 9.48 Å². The summed E-state index contributed by atoms with van der Waals surface area (Å²) in [6.45, 7) is 2.21. The smallest absolute Gasteiger partial charge is 0.327 e. The number of rotatable bonds is 3. The SMILES string of the molecule is CCOC(=O)Cn1ncc2c(Cl)nccc21. The van der Waals surface area contributed by atoms with Gasteiger partial charge in [0.25, 0.3) is 0 Å². The average Bonchev–Trinajstić information content (AvgIpc) is 2.64. The van der Waals surface area contributed by atoms with Crippen LogP contribution in [0.1, 0.15) is 6.92 Å². The fourth-order valence-electron chi connectivity index (χ4n) is 1.43. The van der Waals surface area contributed by atoms with Gasteiger partial charge >= 0.3 is 5.97 Å². The minimum absolute atomic E-state index is 0.0810. The first kappa shape index (κ1) is 10.9. The maximum Gasteiger partial charge on any atom is 0.327 e. The molecule has 0 N–H and O–H groups in total. The molecule has 0 bridgehead atoms. The molecule has 2 heterocycles. The van der Waals surface area contributed by atoms with E-state index >= 15 is 0 Å². The maximum atomic E-state index is 11.3. The molecule has 6 heteroatoms. The molecule has 2 rings (SSSR count). The van der Waals surface area contributed by atoms with Crippen molar-refractivity contribution in [2.24, 2.45) is 0 Å². The topological polar surface area (TPSA) is 57.0 Å². The predicted molar refractivity (Wildman–Crippen MR) is 59.2 cm³/mol. The molecule has 0 saturated heterocycles. The third kappa shape index (κ3) is 1.99. The highest BCUT2D eigenvalue weighted by Crippen LogP contribution is 2.20. The number of pyridine rings is 1. The van der Waals surface area contributed by atoms with Crippen molar-refractivity contribution < 1.29 is 9.53 Å². The van der Waals surface area contributed by atoms with Crippen LogP contribution in [0.4, 0.5) is 0 Å². The molecule has 84 valence electrons. The number of carbonyl (C=O) groups is 1. The normalized spacial score (nSPS) is 10.6. The number of hydrogen-bond acceptors (Lipinski definition) is 4. The molecule has 0 radical (unpaired) electrons. The molecule has 5 nitrogen and oxygen atoms in total. The van der Waals surface area contributed by atoms with Crippen molar-refractivity contribution in [1.82, 2.24) is 14.8 Å². The molecular formula is C10H10ClN3O2. The lowest BCUT2D eigenvalue weighted by Gasteiger charge is -2.03. The van der Waals surface area contributed by atoms with E-state index in [-0.39, 0.29) is 12.5 Å². The maximum absolute atomic E-state index is 11.3. The van der Waals surface area contributed by atoms with Crippen LogP contribution >= 0.6 is 11.6 Å². The first-order valence-corrected chi connectivity index (χ1v) is 5.22. The Bertz CT molecular complexity index is 524. The van der Waals surface area contributed by atoms with Crippen LogP contribution in [0.2, 0.25) is 5.15 Å². The van der Waals surface area contributed by atoms with E-state index in [4.69, 9.17) is 16.3 Å². The Balaban J connectivity index is 2.32. The van der Waals surface area contributed by atoms with E-state index in [0.717, 1.165) is 10.9 Å². The van der Waals surface area contributed by atoms with E-state index in [0.29, 0.717) is 11.8 Å². The van der Waals surface area contributed by atoms with Crippen molar-refractivity contribution in [3.05, 3.63) is 23.6 Å². The van der Waals surface area contributed by atoms with Crippen LogP contribution in [0, 0.1) is 0 Å². The van der Waals surface area contributed by atoms with Crippen LogP contribution in [0.5, 0.6) is 0 Å². The van der Waals surface area contributed by atoms with Gasteiger partial charge in [-0.15, -0.1) is 0 Å². The van der Waals surface area contributed by atoms with Crippen LogP contribution in [0.25, 0.3) is 10.9 Å². The van der Waals surface area contributed by atoms with E-state index in [1.165, 1.54) is 0 Å². The summed E-state index contributed by atoms with van der Waals surface area (Å²) in [5, 5.41) is 5.18. The molecule has 0 fully saturated rings. The number of halogens is 1. The Morgan fingerprint density at radius 2 is 2.44 bits per heavy atom. The molecule has 0 spiro atoms. The third-order valence-corrected chi connectivity index (χ3v) is 2.41. The summed E-state index contributed by atoms with van der Waals surface area (Å²) in [5.41, 5.74) is 0.771. The molecule has 0 saturated carbocycles. The predicted octanol–water partition coefficient (Wildman–Crippen LogP) is 1.65. The minimum Gasteiger partial charge on any atom is -0.465 e. The number of ether oxygens (including phenoxy) is 1. The van der Waals surface area contributed by atoms with Gasteiger partial charge in [-0.25, -0.2) is 4.98 Å². The van der Waals surface area contributed by atoms with Crippen LogP contribution < -0.4 is 0 Å². The van der Waals surface area contributed by atoms with Crippen molar-refractivity contribution in [2.75, 3.05) is 6.61 Å². The lowest BCUT2D eigenvalue weighted by Crippen LogP contribution is -2.14. The lowest BCUT2D eigenvalue weighted by atomic mass is 10.3. The zero-order valence-corrected chi connectivity index (χ0v) is 9.44. The molecule has 16 heavy (non-hydrogen) atoms. The fraction of sp³-hybridized carbons (Fsp3) is 0.300. The zero-order valence-electron chi connectivity index (χ0n) is 8.68. The number of fused-ring (bicyclic) bond motifs is 1. The van der Waals surface area contributed by atoms with Crippen molar-refractivity contribution in [1.29, 1.82) is 0 Å². The third-order valence-electron chi connectivity index (χ3n) is 2.11. The Hall–Kier alpha value is -1.62. The van der Waals surface area contributed by atoms with Gasteiger partial charge in [0.15, 0.2) is 0 Å². The first-order valence-electron chi connectivity index (χ1n) is 4.84. The molecule has 0 amide bonds. The van der Waals surface area contributed by atoms with Crippen LogP contribution in [-0.2, 0) is 16.1 Å². The summed E-state index contributed by atoms with van der Waals surface area (Å²) < 4.78 is 6.39. The monoisotopic (exact) mass is 239 g/mol. The van der Waals surface area contributed by atoms with E-state index in [2.05, 4.69) is 10.1 Å². The van der Waals surface area contributed by atoms with Crippen molar-refractivity contribution in [3.8, 4) is 0 Å². The van der Waals surface area contributed by atoms with E-state index in [1.54, 1.807) is 30.1 Å². The molecule has 2 aromatic rings. The van der Waals surface area contributed by atoms with Crippen LogP contribution in [-0.4, -0.2) is 27.3 Å². The van der Waals surface area contributed by atoms with Gasteiger partial charge in [-0.05, 0) is 13.0 Å². The molecule has 0 aliphatic rings. The Morgan fingerprint density at radius 1 is 1.62 bits per heavy atom. The van der Waals surface area contributed by atoms with Crippen LogP contribution in [0.3, 0.4) is 0 Å². The molecule has 0 aliphatic heterocycles. The van der Waals surface area contributed by atoms with Crippen molar-refractivity contribution in [2.45, 2.75) is 13.5 Å². The summed E-state index contributed by atoms with van der Waals surface area (Å²) in [6.07, 6.45) is 3.16. The highest BCUT2D eigenvalue weighted by molar-refractivity contribution is 6.34. The number of nitrogens with zero attached hydrogens (tertiary/aromatic N) is 3. The average molecular weight is 240 g/mol. The molecule has 0 aromatic carbocycles. The highest BCUT2D eigenvalue weighted by Gasteiger charge is 2.10. The Morgan fingerprint density at radius 3 is 3.19 bits per heavy atom. The Labute approximate surface area is 97.0 Å². The molecule has 2 aromatic heterocycles. The number of esters is 1. The molecule has 0 aliphatic carbocycles. The first-order chi connectivity index (χ1) is 7.72. The summed E-state index contributed by atoms with van der Waals surface area (Å²) in [5.74, 6) is -0.319. The zero-order chi connectivity index (χ0) is 11.5. The summed E-state index contributed by atoms with van der Waals surface area (Å²) in [6, 6.07) is 1.76. The minimum atomic E-state index is -0.319. The van der Waals surface area contributed by atoms with Crippen molar-refractivity contribution in [3.63, 3.8) is 0 Å². The molecule has 0 atom stereocenters. The number of hydrogen-bond donors (Lipinski definition) is 0. The number of aromatic nitrogens is 3. The summed E-state index contributed by atoms with van der Waals surface area (Å²) in [7, 11) is 0. The second-order valence-electron chi connectivity index (χ2n) is 3.14. The fourth-order valence-corrected chi connectivity index (χ4v) is 1.63. The largest absolute Gasteiger partial charge is 0.465 e. The molecular weight excluding hydrogens is 230 g/mol. The summed E-state index contributed by atoms with van der Waals surface area (Å²) >= 11 is 5.89. The van der Waals surface area contributed by atoms with Gasteiger partial charge < -0.3 is 4.74 Å². The van der Waals surface area contributed by atoms with Gasteiger partial charge in [0.2, 0.25) is 0 Å². The van der Waals surface area contributed by atoms with E-state index < -0.39 is 0 Å². The highest BCUT2D eigenvalue weighted by atomic mass is 35.5. The molecule has 0 unspecified atom stereocenters. The summed E-state index contributed by atoms with van der Waals surface area (Å²) in [4.78, 5) is 15.2. The van der Waals surface area contributed by atoms with Gasteiger partial charge in [0.05, 0.1) is 23.7 Å². The Kier molecular flexibility index (Phi) is 3.05. The lowest BCUT2D eigenvalue weighted by molar-refractivity contribution is -0.143. The number of carbonyl (C=O) groups excluding carboxylic acids is 1. The second kappa shape index (κ2) is 4.49. The van der Waals surface area contributed by atoms with Crippen LogP contribution in [0.15, 0.2) is 18.5 Å². The van der Waals surface area contributed by atoms with Gasteiger partial charge in [0, 0.05) is 6.20 Å². The van der Waals surface area contributed by atoms with Gasteiger partial charge in [-0.2, -0.15) is 5.10 Å².